The second-order valence-electron chi connectivity index (χ2n) is 17.7. The Morgan fingerprint density at radius 2 is 0.833 bits per heavy atom. The van der Waals surface area contributed by atoms with E-state index in [1.807, 2.05) is 152 Å². The number of esters is 2. The quantitative estimate of drug-likeness (QED) is 0.0562. The van der Waals surface area contributed by atoms with E-state index in [0.717, 1.165) is 77.4 Å². The molecule has 72 heavy (non-hydrogen) atoms. The van der Waals surface area contributed by atoms with Crippen LogP contribution in [0.25, 0.3) is 21.5 Å². The zero-order valence-corrected chi connectivity index (χ0v) is 45.3. The molecule has 376 valence electrons. The number of rotatable bonds is 16. The molecule has 0 radical (unpaired) electrons. The number of nitrogens with zero attached hydrogens (tertiary/aromatic N) is 2. The number of ether oxygens (including phenoxy) is 2. The number of carbonyl (C=O) groups is 2. The summed E-state index contributed by atoms with van der Waals surface area (Å²) in [5.74, 6) is 4.67. The molecule has 0 saturated carbocycles. The molecule has 0 amide bonds. The molecule has 6 aromatic rings. The molecule has 13 nitrogen and oxygen atoms in total. The van der Waals surface area contributed by atoms with Gasteiger partial charge in [-0.15, -0.1) is 12.8 Å². The summed E-state index contributed by atoms with van der Waals surface area (Å²) in [6.07, 6.45) is 11.6. The summed E-state index contributed by atoms with van der Waals surface area (Å²) in [5.41, 5.74) is 9.24. The van der Waals surface area contributed by atoms with Crippen molar-refractivity contribution in [3.8, 4) is 24.7 Å². The summed E-state index contributed by atoms with van der Waals surface area (Å²) in [4.78, 5) is 28.3. The van der Waals surface area contributed by atoms with Crippen LogP contribution in [0.1, 0.15) is 71.2 Å². The number of nitrogens with one attached hydrogen (secondary N) is 2. The third kappa shape index (κ3) is 13.1. The fourth-order valence-corrected chi connectivity index (χ4v) is 12.2. The number of methoxy groups -OCH3 is 2. The molecule has 0 fully saturated rings. The summed E-state index contributed by atoms with van der Waals surface area (Å²) < 4.78 is 69.6. The fourth-order valence-electron chi connectivity index (χ4n) is 8.83. The second kappa shape index (κ2) is 25.3. The van der Waals surface area contributed by atoms with E-state index < -0.39 is 20.0 Å². The Morgan fingerprint density at radius 3 is 1.11 bits per heavy atom. The van der Waals surface area contributed by atoms with Crippen molar-refractivity contribution in [1.29, 1.82) is 0 Å². The van der Waals surface area contributed by atoms with Crippen LogP contribution in [0.3, 0.4) is 0 Å². The maximum absolute atomic E-state index is 13.6. The maximum Gasteiger partial charge on any atom is 1.00 e. The Labute approximate surface area is 438 Å². The topological polar surface area (TPSA) is 181 Å². The Balaban J connectivity index is 0.000000370. The molecule has 16 heteroatoms. The van der Waals surface area contributed by atoms with Crippen LogP contribution < -0.4 is 38.1 Å². The Bertz CT molecular complexity index is 3020. The van der Waals surface area contributed by atoms with Gasteiger partial charge in [0.05, 0.1) is 61.3 Å². The molecule has 2 atom stereocenters. The minimum Gasteiger partial charge on any atom is -0.870 e. The monoisotopic (exact) mass is 1010 g/mol. The number of hydrogen-bond acceptors (Lipinski definition) is 11. The Kier molecular flexibility index (Phi) is 21.0. The Hall–Kier alpha value is -6.44. The van der Waals surface area contributed by atoms with Gasteiger partial charge in [0, 0.05) is 45.0 Å². The molecule has 0 spiro atoms. The van der Waals surface area contributed by atoms with E-state index in [1.54, 1.807) is 12.1 Å². The number of hydrogen-bond donors (Lipinski definition) is 2. The minimum atomic E-state index is -3.85. The van der Waals surface area contributed by atoms with E-state index in [2.05, 4.69) is 21.3 Å². The fraction of sp³-hybridized carbons (Fsp3) is 0.321. The van der Waals surface area contributed by atoms with Gasteiger partial charge in [-0.05, 0) is 138 Å². The van der Waals surface area contributed by atoms with Gasteiger partial charge in [0.15, 0.2) is 0 Å². The van der Waals surface area contributed by atoms with Gasteiger partial charge in [-0.25, -0.2) is 16.8 Å². The number of sulfonamides is 2. The van der Waals surface area contributed by atoms with Gasteiger partial charge in [-0.3, -0.25) is 19.0 Å². The predicted molar refractivity (Wildman–Crippen MR) is 287 cm³/mol. The molecule has 0 bridgehead atoms. The molecular weight excluding hydrogens is 944 g/mol. The number of anilines is 4. The normalized spacial score (nSPS) is 11.8. The molecule has 6 aromatic carbocycles. The summed E-state index contributed by atoms with van der Waals surface area (Å²) in [7, 11) is -4.98. The van der Waals surface area contributed by atoms with Gasteiger partial charge in [0.2, 0.25) is 0 Å². The van der Waals surface area contributed by atoms with E-state index in [9.17, 15) is 26.4 Å². The molecule has 0 unspecified atom stereocenters. The number of aryl methyl sites for hydroxylation is 4. The summed E-state index contributed by atoms with van der Waals surface area (Å²) in [6, 6.07) is 25.8. The van der Waals surface area contributed by atoms with Gasteiger partial charge in [0.1, 0.15) is 0 Å². The van der Waals surface area contributed by atoms with E-state index in [0.29, 0.717) is 21.2 Å². The van der Waals surface area contributed by atoms with Crippen molar-refractivity contribution in [3.63, 3.8) is 0 Å². The van der Waals surface area contributed by atoms with Crippen LogP contribution in [-0.4, -0.2) is 73.6 Å². The molecule has 3 N–H and O–H groups in total. The zero-order valence-electron chi connectivity index (χ0n) is 43.6. The summed E-state index contributed by atoms with van der Waals surface area (Å²) in [5, 5.41) is 3.13. The zero-order chi connectivity index (χ0) is 51.8. The van der Waals surface area contributed by atoms with Crippen molar-refractivity contribution in [3.05, 3.63) is 129 Å². The average molecular weight is 1010 g/mol. The molecule has 0 aromatic heterocycles. The van der Waals surface area contributed by atoms with Crippen LogP contribution in [0.15, 0.2) is 94.7 Å². The largest absolute Gasteiger partial charge is 1.00 e. The molecule has 6 rings (SSSR count). The van der Waals surface area contributed by atoms with Crippen LogP contribution >= 0.6 is 0 Å². The molecule has 0 saturated heterocycles. The van der Waals surface area contributed by atoms with E-state index in [1.165, 1.54) is 14.2 Å². The van der Waals surface area contributed by atoms with Gasteiger partial charge < -0.3 is 24.7 Å². The third-order valence-corrected chi connectivity index (χ3v) is 16.3. The Morgan fingerprint density at radius 1 is 0.542 bits per heavy atom. The molecule has 0 aliphatic heterocycles. The number of carbonyl (C=O) groups excluding carboxylic acids is 2. The van der Waals surface area contributed by atoms with Crippen molar-refractivity contribution in [2.24, 2.45) is 0 Å². The first-order valence-corrected chi connectivity index (χ1v) is 25.8. The van der Waals surface area contributed by atoms with Crippen LogP contribution in [-0.2, 0) is 39.1 Å². The number of terminal acetylenes is 2. The van der Waals surface area contributed by atoms with Crippen molar-refractivity contribution in [1.82, 2.24) is 0 Å². The first-order chi connectivity index (χ1) is 33.0. The van der Waals surface area contributed by atoms with E-state index in [4.69, 9.17) is 22.3 Å². The first kappa shape index (κ1) is 59.9. The molecule has 0 aliphatic carbocycles. The maximum atomic E-state index is 13.6. The van der Waals surface area contributed by atoms with E-state index >= 15 is 0 Å². The van der Waals surface area contributed by atoms with Crippen LogP contribution in [0.4, 0.5) is 22.7 Å². The van der Waals surface area contributed by atoms with Crippen molar-refractivity contribution < 1.29 is 60.2 Å². The molecule has 0 heterocycles. The van der Waals surface area contributed by atoms with Crippen LogP contribution in [0, 0.1) is 80.1 Å². The summed E-state index contributed by atoms with van der Waals surface area (Å²) in [6.45, 7) is 19.4. The third-order valence-electron chi connectivity index (χ3n) is 13.0. The smallest absolute Gasteiger partial charge is 0.870 e. The van der Waals surface area contributed by atoms with E-state index in [-0.39, 0.29) is 74.3 Å². The van der Waals surface area contributed by atoms with Gasteiger partial charge in [-0.1, -0.05) is 72.5 Å². The average Bonchev–Trinajstić information content (AvgIpc) is 3.31. The first-order valence-electron chi connectivity index (χ1n) is 22.8. The molecule has 0 aliphatic rings. The summed E-state index contributed by atoms with van der Waals surface area (Å²) >= 11 is 0. The van der Waals surface area contributed by atoms with Gasteiger partial charge in [0.25, 0.3) is 20.0 Å². The number of benzene rings is 6. The number of fused-ring (bicyclic) bond motifs is 2. The minimum absolute atomic E-state index is 0. The standard InChI is InChI=1S/2C28H32N2O4S.Li.H2O/c2*1-8-15-30(20(4)17-27(31)34-7)26-14-13-25(23-11-9-10-12-24(23)26)29-35(32,33)28-21(5)18(2)16-19(3)22(28)6;;/h2*1,9-14,16,20,29H,15,17H2,2-7H3;;1H2/q;;+1;/p-1/t2*20-;;/m00../s1. The van der Waals surface area contributed by atoms with Crippen LogP contribution in [0.2, 0.25) is 0 Å². The van der Waals surface area contributed by atoms with Crippen molar-refractivity contribution in [2.45, 2.75) is 104 Å². The SMILES string of the molecule is C#CCN(c1ccc(NS(=O)(=O)c2c(C)c(C)cc(C)c2C)c2ccccc12)[C@@H](C)CC(=O)OC.C#CCN(c1ccc(NS(=O)(=O)c2c(C)c(C)cc(C)c2C)c2ccccc12)[C@@H](C)CC(=O)OC.[Li+].[OH-]. The molecular formula is C56H65LiN4O9S2. The second-order valence-corrected chi connectivity index (χ2v) is 20.9. The predicted octanol–water partition coefficient (Wildman–Crippen LogP) is 7.36. The van der Waals surface area contributed by atoms with Crippen molar-refractivity contribution >= 4 is 76.3 Å². The van der Waals surface area contributed by atoms with Gasteiger partial charge in [-0.2, -0.15) is 0 Å². The van der Waals surface area contributed by atoms with Gasteiger partial charge >= 0.3 is 30.8 Å². The van der Waals surface area contributed by atoms with Crippen molar-refractivity contribution in [2.75, 3.05) is 46.6 Å². The van der Waals surface area contributed by atoms with Crippen LogP contribution in [0.5, 0.6) is 0 Å².